The highest BCUT2D eigenvalue weighted by atomic mass is 16.2. The molecule has 0 saturated heterocycles. The van der Waals surface area contributed by atoms with E-state index in [0.29, 0.717) is 22.5 Å². The van der Waals surface area contributed by atoms with Crippen LogP contribution in [0.4, 0.5) is 16.2 Å². The number of benzene rings is 2. The second-order valence-electron chi connectivity index (χ2n) is 8.06. The van der Waals surface area contributed by atoms with Gasteiger partial charge in [-0.25, -0.2) is 4.79 Å². The van der Waals surface area contributed by atoms with Gasteiger partial charge in [-0.1, -0.05) is 13.0 Å². The molecule has 0 radical (unpaired) electrons. The Bertz CT molecular complexity index is 905. The minimum absolute atomic E-state index is 0.00887. The van der Waals surface area contributed by atoms with Crippen molar-refractivity contribution < 1.29 is 14.4 Å². The molecule has 0 unspecified atom stereocenters. The van der Waals surface area contributed by atoms with Crippen molar-refractivity contribution in [3.8, 4) is 0 Å². The van der Waals surface area contributed by atoms with Gasteiger partial charge in [-0.3, -0.25) is 9.59 Å². The highest BCUT2D eigenvalue weighted by molar-refractivity contribution is 6.05. The van der Waals surface area contributed by atoms with Gasteiger partial charge in [0.1, 0.15) is 0 Å². The molecule has 30 heavy (non-hydrogen) atoms. The lowest BCUT2D eigenvalue weighted by atomic mass is 10.0. The fraction of sp³-hybridized carbons (Fsp3) is 0.348. The van der Waals surface area contributed by atoms with Crippen molar-refractivity contribution in [2.24, 2.45) is 0 Å². The molecule has 2 rings (SSSR count). The first-order valence-corrected chi connectivity index (χ1v) is 10.0. The summed E-state index contributed by atoms with van der Waals surface area (Å²) in [5, 5.41) is 11.2. The number of anilines is 2. The van der Waals surface area contributed by atoms with E-state index < -0.39 is 0 Å². The third kappa shape index (κ3) is 6.92. The zero-order chi connectivity index (χ0) is 22.3. The van der Waals surface area contributed by atoms with Crippen LogP contribution in [-0.2, 0) is 0 Å². The maximum atomic E-state index is 12.6. The molecule has 0 fully saturated rings. The molecule has 0 aliphatic heterocycles. The Kier molecular flexibility index (Phi) is 7.58. The van der Waals surface area contributed by atoms with Gasteiger partial charge in [0, 0.05) is 34.1 Å². The Morgan fingerprint density at radius 2 is 1.53 bits per heavy atom. The van der Waals surface area contributed by atoms with Gasteiger partial charge < -0.3 is 21.3 Å². The van der Waals surface area contributed by atoms with Crippen LogP contribution in [0.1, 0.15) is 61.8 Å². The van der Waals surface area contributed by atoms with E-state index in [1.54, 1.807) is 48.5 Å². The van der Waals surface area contributed by atoms with Crippen molar-refractivity contribution in [1.29, 1.82) is 0 Å². The SMILES string of the molecule is CCC(C)(C)NC(=O)c1ccc(NC(=O)c2cccc(NC(=O)NC(C)C)c2)cc1. The summed E-state index contributed by atoms with van der Waals surface area (Å²) in [5.74, 6) is -0.467. The monoisotopic (exact) mass is 410 g/mol. The Labute approximate surface area is 177 Å². The molecule has 160 valence electrons. The van der Waals surface area contributed by atoms with Gasteiger partial charge in [0.2, 0.25) is 0 Å². The first-order valence-electron chi connectivity index (χ1n) is 10.0. The van der Waals surface area contributed by atoms with E-state index in [1.165, 1.54) is 0 Å². The summed E-state index contributed by atoms with van der Waals surface area (Å²) >= 11 is 0. The van der Waals surface area contributed by atoms with Gasteiger partial charge in [-0.15, -0.1) is 0 Å². The van der Waals surface area contributed by atoms with Crippen molar-refractivity contribution >= 4 is 29.2 Å². The Hall–Kier alpha value is -3.35. The fourth-order valence-electron chi connectivity index (χ4n) is 2.54. The van der Waals surface area contributed by atoms with E-state index in [0.717, 1.165) is 6.42 Å². The average molecular weight is 411 g/mol. The van der Waals surface area contributed by atoms with Crippen molar-refractivity contribution in [1.82, 2.24) is 10.6 Å². The highest BCUT2D eigenvalue weighted by Gasteiger charge is 2.18. The Morgan fingerprint density at radius 1 is 0.867 bits per heavy atom. The molecule has 2 aromatic rings. The number of carbonyl (C=O) groups is 3. The maximum Gasteiger partial charge on any atom is 0.319 e. The molecule has 0 spiro atoms. The molecule has 2 aromatic carbocycles. The summed E-state index contributed by atoms with van der Waals surface area (Å²) in [7, 11) is 0. The summed E-state index contributed by atoms with van der Waals surface area (Å²) in [6.45, 7) is 9.68. The molecule has 0 aromatic heterocycles. The van der Waals surface area contributed by atoms with E-state index in [9.17, 15) is 14.4 Å². The maximum absolute atomic E-state index is 12.6. The van der Waals surface area contributed by atoms with Crippen LogP contribution in [0.3, 0.4) is 0 Å². The van der Waals surface area contributed by atoms with E-state index in [2.05, 4.69) is 21.3 Å². The molecule has 0 heterocycles. The third-order valence-electron chi connectivity index (χ3n) is 4.54. The van der Waals surface area contributed by atoms with Gasteiger partial charge in [0.15, 0.2) is 0 Å². The van der Waals surface area contributed by atoms with Crippen LogP contribution in [0.5, 0.6) is 0 Å². The quantitative estimate of drug-likeness (QED) is 0.545. The molecule has 0 aliphatic rings. The summed E-state index contributed by atoms with van der Waals surface area (Å²) in [6, 6.07) is 13.1. The first-order chi connectivity index (χ1) is 14.1. The van der Waals surface area contributed by atoms with Crippen LogP contribution in [0.2, 0.25) is 0 Å². The molecule has 0 atom stereocenters. The van der Waals surface area contributed by atoms with Gasteiger partial charge >= 0.3 is 6.03 Å². The molecule has 0 bridgehead atoms. The first kappa shape index (κ1) is 22.9. The van der Waals surface area contributed by atoms with Crippen molar-refractivity contribution in [2.75, 3.05) is 10.6 Å². The number of hydrogen-bond donors (Lipinski definition) is 4. The largest absolute Gasteiger partial charge is 0.347 e. The number of carbonyl (C=O) groups excluding carboxylic acids is 3. The van der Waals surface area contributed by atoms with Gasteiger partial charge in [0.25, 0.3) is 11.8 Å². The van der Waals surface area contributed by atoms with Crippen molar-refractivity contribution in [3.05, 3.63) is 59.7 Å². The molecule has 7 nitrogen and oxygen atoms in total. The second kappa shape index (κ2) is 9.91. The molecule has 7 heteroatoms. The van der Waals surface area contributed by atoms with Crippen LogP contribution in [0.25, 0.3) is 0 Å². The summed E-state index contributed by atoms with van der Waals surface area (Å²) in [6.07, 6.45) is 0.819. The summed E-state index contributed by atoms with van der Waals surface area (Å²) in [5.41, 5.74) is 1.74. The molecule has 0 saturated carbocycles. The smallest absolute Gasteiger partial charge is 0.319 e. The second-order valence-corrected chi connectivity index (χ2v) is 8.06. The molecule has 0 aliphatic carbocycles. The van der Waals surface area contributed by atoms with E-state index in [-0.39, 0.29) is 29.4 Å². The van der Waals surface area contributed by atoms with Crippen LogP contribution in [0.15, 0.2) is 48.5 Å². The van der Waals surface area contributed by atoms with Gasteiger partial charge in [-0.2, -0.15) is 0 Å². The normalized spacial score (nSPS) is 11.0. The fourth-order valence-corrected chi connectivity index (χ4v) is 2.54. The Balaban J connectivity index is 2.02. The average Bonchev–Trinajstić information content (AvgIpc) is 2.67. The topological polar surface area (TPSA) is 99.3 Å². The lowest BCUT2D eigenvalue weighted by molar-refractivity contribution is 0.0910. The predicted molar refractivity (Wildman–Crippen MR) is 120 cm³/mol. The van der Waals surface area contributed by atoms with Gasteiger partial charge in [0.05, 0.1) is 0 Å². The molecular weight excluding hydrogens is 380 g/mol. The molecular formula is C23H30N4O3. The lowest BCUT2D eigenvalue weighted by Gasteiger charge is -2.24. The van der Waals surface area contributed by atoms with Gasteiger partial charge in [-0.05, 0) is 76.6 Å². The minimum Gasteiger partial charge on any atom is -0.347 e. The van der Waals surface area contributed by atoms with E-state index in [4.69, 9.17) is 0 Å². The van der Waals surface area contributed by atoms with E-state index in [1.807, 2.05) is 34.6 Å². The number of hydrogen-bond acceptors (Lipinski definition) is 3. The summed E-state index contributed by atoms with van der Waals surface area (Å²) < 4.78 is 0. The van der Waals surface area contributed by atoms with Crippen molar-refractivity contribution in [2.45, 2.75) is 52.6 Å². The highest BCUT2D eigenvalue weighted by Crippen LogP contribution is 2.16. The molecule has 4 amide bonds. The number of nitrogens with one attached hydrogen (secondary N) is 4. The minimum atomic E-state index is -0.331. The number of rotatable bonds is 7. The van der Waals surface area contributed by atoms with Crippen LogP contribution in [0, 0.1) is 0 Å². The zero-order valence-corrected chi connectivity index (χ0v) is 18.1. The third-order valence-corrected chi connectivity index (χ3v) is 4.54. The number of amides is 4. The Morgan fingerprint density at radius 3 is 2.13 bits per heavy atom. The van der Waals surface area contributed by atoms with Crippen LogP contribution < -0.4 is 21.3 Å². The van der Waals surface area contributed by atoms with Crippen molar-refractivity contribution in [3.63, 3.8) is 0 Å². The predicted octanol–water partition coefficient (Wildman–Crippen LogP) is 4.39. The molecule has 4 N–H and O–H groups in total. The lowest BCUT2D eigenvalue weighted by Crippen LogP contribution is -2.42. The standard InChI is InChI=1S/C23H30N4O3/c1-6-23(4,5)27-21(29)16-10-12-18(13-11-16)25-20(28)17-8-7-9-19(14-17)26-22(30)24-15(2)3/h7-15H,6H2,1-5H3,(H,25,28)(H,27,29)(H2,24,26,30). The van der Waals surface area contributed by atoms with E-state index >= 15 is 0 Å². The van der Waals surface area contributed by atoms with Crippen LogP contribution in [-0.4, -0.2) is 29.4 Å². The zero-order valence-electron chi connectivity index (χ0n) is 18.1. The van der Waals surface area contributed by atoms with Crippen LogP contribution >= 0.6 is 0 Å². The number of urea groups is 1. The summed E-state index contributed by atoms with van der Waals surface area (Å²) in [4.78, 5) is 36.7.